The lowest BCUT2D eigenvalue weighted by molar-refractivity contribution is 0.327. The number of para-hydroxylation sites is 1. The van der Waals surface area contributed by atoms with E-state index in [-0.39, 0.29) is 0 Å². The molecular weight excluding hydrogens is 272 g/mol. The molecule has 2 heterocycles. The Morgan fingerprint density at radius 1 is 1.27 bits per heavy atom. The van der Waals surface area contributed by atoms with Gasteiger partial charge in [0.15, 0.2) is 0 Å². The Kier molecular flexibility index (Phi) is 4.56. The van der Waals surface area contributed by atoms with Crippen LogP contribution < -0.4 is 0 Å². The van der Waals surface area contributed by atoms with Gasteiger partial charge in [-0.2, -0.15) is 0 Å². The maximum Gasteiger partial charge on any atom is 0.0692 e. The third kappa shape index (κ3) is 3.38. The van der Waals surface area contributed by atoms with Crippen LogP contribution in [0.15, 0.2) is 42.9 Å². The summed E-state index contributed by atoms with van der Waals surface area (Å²) in [5.74, 6) is 1.31. The predicted molar refractivity (Wildman–Crippen MR) is 89.6 cm³/mol. The van der Waals surface area contributed by atoms with E-state index < -0.39 is 0 Å². The molecule has 3 rings (SSSR count). The minimum atomic E-state index is 0.579. The molecule has 0 radical (unpaired) electrons. The van der Waals surface area contributed by atoms with Gasteiger partial charge in [0.25, 0.3) is 0 Å². The molecule has 0 aliphatic heterocycles. The molecule has 1 N–H and O–H groups in total. The van der Waals surface area contributed by atoms with Gasteiger partial charge in [-0.3, -0.25) is 4.68 Å². The first-order valence-electron chi connectivity index (χ1n) is 8.15. The van der Waals surface area contributed by atoms with E-state index >= 15 is 0 Å². The molecule has 4 heteroatoms. The molecule has 0 aliphatic carbocycles. The van der Waals surface area contributed by atoms with Crippen LogP contribution in [0.2, 0.25) is 0 Å². The fourth-order valence-corrected chi connectivity index (χ4v) is 3.16. The van der Waals surface area contributed by atoms with Crippen molar-refractivity contribution in [2.24, 2.45) is 11.8 Å². The van der Waals surface area contributed by atoms with E-state index in [1.165, 1.54) is 29.3 Å². The number of fused-ring (bicyclic) bond motifs is 1. The predicted octanol–water partition coefficient (Wildman–Crippen LogP) is 4.05. The van der Waals surface area contributed by atoms with Gasteiger partial charge in [0, 0.05) is 29.8 Å². The highest BCUT2D eigenvalue weighted by molar-refractivity contribution is 5.83. The summed E-state index contributed by atoms with van der Waals surface area (Å²) in [5.41, 5.74) is 2.63. The molecule has 0 saturated carbocycles. The van der Waals surface area contributed by atoms with Gasteiger partial charge >= 0.3 is 0 Å². The summed E-state index contributed by atoms with van der Waals surface area (Å²) in [4.78, 5) is 3.38. The Bertz CT molecular complexity index is 699. The maximum atomic E-state index is 4.14. The molecule has 116 valence electrons. The number of hydrogen-bond donors (Lipinski definition) is 1. The van der Waals surface area contributed by atoms with E-state index in [9.17, 15) is 0 Å². The Hall–Kier alpha value is -2.10. The first kappa shape index (κ1) is 14.8. The molecule has 0 bridgehead atoms. The molecule has 2 aromatic heterocycles. The summed E-state index contributed by atoms with van der Waals surface area (Å²) in [6.45, 7) is 5.54. The summed E-state index contributed by atoms with van der Waals surface area (Å²) in [7, 11) is 0. The number of aromatic nitrogens is 4. The second kappa shape index (κ2) is 6.77. The Morgan fingerprint density at radius 3 is 2.91 bits per heavy atom. The number of nitrogens with one attached hydrogen (secondary N) is 1. The second-order valence-corrected chi connectivity index (χ2v) is 6.30. The molecule has 3 aromatic rings. The van der Waals surface area contributed by atoms with Gasteiger partial charge in [0.05, 0.1) is 6.20 Å². The highest BCUT2D eigenvalue weighted by atomic mass is 15.4. The van der Waals surface area contributed by atoms with Crippen molar-refractivity contribution in [2.75, 3.05) is 0 Å². The van der Waals surface area contributed by atoms with Crippen molar-refractivity contribution in [1.82, 2.24) is 20.0 Å². The van der Waals surface area contributed by atoms with E-state index in [1.54, 1.807) is 6.20 Å². The third-order valence-corrected chi connectivity index (χ3v) is 4.53. The zero-order valence-corrected chi connectivity index (χ0v) is 13.4. The molecule has 0 fully saturated rings. The summed E-state index contributed by atoms with van der Waals surface area (Å²) >= 11 is 0. The highest BCUT2D eigenvalue weighted by Gasteiger charge is 2.16. The Labute approximate surface area is 131 Å². The monoisotopic (exact) mass is 296 g/mol. The normalized spacial score (nSPS) is 14.3. The Balaban J connectivity index is 1.79. The molecule has 0 aliphatic rings. The van der Waals surface area contributed by atoms with Crippen molar-refractivity contribution in [3.8, 4) is 0 Å². The highest BCUT2D eigenvalue weighted by Crippen LogP contribution is 2.25. The van der Waals surface area contributed by atoms with Crippen LogP contribution in [0.1, 0.15) is 32.3 Å². The number of rotatable bonds is 7. The molecule has 0 spiro atoms. The van der Waals surface area contributed by atoms with Gasteiger partial charge in [0.1, 0.15) is 0 Å². The lowest BCUT2D eigenvalue weighted by atomic mass is 9.89. The molecule has 22 heavy (non-hydrogen) atoms. The zero-order valence-electron chi connectivity index (χ0n) is 13.4. The van der Waals surface area contributed by atoms with Crippen LogP contribution in [-0.2, 0) is 13.0 Å². The van der Waals surface area contributed by atoms with Gasteiger partial charge in [-0.15, -0.1) is 5.10 Å². The summed E-state index contributed by atoms with van der Waals surface area (Å²) in [6.07, 6.45) is 9.40. The molecule has 0 amide bonds. The van der Waals surface area contributed by atoms with E-state index in [1.807, 2.05) is 10.9 Å². The fraction of sp³-hybridized carbons (Fsp3) is 0.444. The number of hydrogen-bond acceptors (Lipinski definition) is 2. The quantitative estimate of drug-likeness (QED) is 0.715. The lowest BCUT2D eigenvalue weighted by Crippen LogP contribution is -2.17. The molecule has 1 aromatic carbocycles. The molecule has 0 saturated heterocycles. The zero-order chi connectivity index (χ0) is 15.4. The van der Waals surface area contributed by atoms with Crippen molar-refractivity contribution in [3.05, 3.63) is 48.4 Å². The van der Waals surface area contributed by atoms with Crippen molar-refractivity contribution in [3.63, 3.8) is 0 Å². The van der Waals surface area contributed by atoms with Gasteiger partial charge < -0.3 is 4.98 Å². The van der Waals surface area contributed by atoms with Crippen LogP contribution in [0.25, 0.3) is 10.9 Å². The summed E-state index contributed by atoms with van der Waals surface area (Å²) in [6, 6.07) is 8.53. The summed E-state index contributed by atoms with van der Waals surface area (Å²) < 4.78 is 1.96. The number of H-pyrrole nitrogens is 1. The molecule has 2 unspecified atom stereocenters. The van der Waals surface area contributed by atoms with E-state index in [0.29, 0.717) is 5.92 Å². The first-order chi connectivity index (χ1) is 10.8. The fourth-order valence-electron chi connectivity index (χ4n) is 3.16. The smallest absolute Gasteiger partial charge is 0.0692 e. The van der Waals surface area contributed by atoms with Gasteiger partial charge in [-0.25, -0.2) is 0 Å². The van der Waals surface area contributed by atoms with E-state index in [4.69, 9.17) is 0 Å². The molecule has 4 nitrogen and oxygen atoms in total. The van der Waals surface area contributed by atoms with Crippen LogP contribution in [0.5, 0.6) is 0 Å². The van der Waals surface area contributed by atoms with Crippen LogP contribution in [0.3, 0.4) is 0 Å². The topological polar surface area (TPSA) is 46.5 Å². The molecule has 2 atom stereocenters. The first-order valence-corrected chi connectivity index (χ1v) is 8.15. The number of aromatic amines is 1. The van der Waals surface area contributed by atoms with Crippen LogP contribution in [-0.4, -0.2) is 20.0 Å². The van der Waals surface area contributed by atoms with Crippen LogP contribution >= 0.6 is 0 Å². The third-order valence-electron chi connectivity index (χ3n) is 4.53. The van der Waals surface area contributed by atoms with Gasteiger partial charge in [-0.1, -0.05) is 43.7 Å². The van der Waals surface area contributed by atoms with Crippen molar-refractivity contribution >= 4 is 10.9 Å². The standard InChI is InChI=1S/C18H24N4/c1-3-14(2)10-15(13-22-9-8-20-21-22)11-16-12-19-18-7-5-4-6-17(16)18/h4-9,12,14-15,19H,3,10-11,13H2,1-2H3. The van der Waals surface area contributed by atoms with Crippen molar-refractivity contribution in [1.29, 1.82) is 0 Å². The maximum absolute atomic E-state index is 4.14. The van der Waals surface area contributed by atoms with E-state index in [2.05, 4.69) is 59.6 Å². The van der Waals surface area contributed by atoms with Crippen LogP contribution in [0.4, 0.5) is 0 Å². The van der Waals surface area contributed by atoms with Gasteiger partial charge in [-0.05, 0) is 36.3 Å². The van der Waals surface area contributed by atoms with Crippen molar-refractivity contribution in [2.45, 2.75) is 39.7 Å². The minimum Gasteiger partial charge on any atom is -0.361 e. The van der Waals surface area contributed by atoms with Crippen LogP contribution in [0, 0.1) is 11.8 Å². The number of benzene rings is 1. The summed E-state index contributed by atoms with van der Waals surface area (Å²) in [5, 5.41) is 9.41. The Morgan fingerprint density at radius 2 is 2.14 bits per heavy atom. The van der Waals surface area contributed by atoms with E-state index in [0.717, 1.165) is 18.9 Å². The number of nitrogens with zero attached hydrogens (tertiary/aromatic N) is 3. The largest absolute Gasteiger partial charge is 0.361 e. The SMILES string of the molecule is CCC(C)CC(Cc1c[nH]c2ccccc12)Cn1ccnn1. The lowest BCUT2D eigenvalue weighted by Gasteiger charge is -2.20. The minimum absolute atomic E-state index is 0.579. The molecular formula is C18H24N4. The average molecular weight is 296 g/mol. The average Bonchev–Trinajstić information content (AvgIpc) is 3.17. The second-order valence-electron chi connectivity index (χ2n) is 6.30. The van der Waals surface area contributed by atoms with Gasteiger partial charge in [0.2, 0.25) is 0 Å². The van der Waals surface area contributed by atoms with Crippen molar-refractivity contribution < 1.29 is 0 Å².